The van der Waals surface area contributed by atoms with Crippen LogP contribution in [0.15, 0.2) is 30.3 Å². The molecule has 1 aliphatic rings. The number of halogens is 1. The molecule has 1 aliphatic heterocycles. The molecule has 2 N–H and O–H groups in total. The fourth-order valence-corrected chi connectivity index (χ4v) is 3.32. The summed E-state index contributed by atoms with van der Waals surface area (Å²) < 4.78 is 6.38. The number of rotatable bonds is 4. The van der Waals surface area contributed by atoms with Gasteiger partial charge in [0.2, 0.25) is 0 Å². The van der Waals surface area contributed by atoms with Crippen molar-refractivity contribution in [2.75, 3.05) is 25.0 Å². The molecule has 0 unspecified atom stereocenters. The van der Waals surface area contributed by atoms with E-state index in [0.29, 0.717) is 24.5 Å². The smallest absolute Gasteiger partial charge is 0.255 e. The first-order chi connectivity index (χ1) is 10.2. The third-order valence-electron chi connectivity index (χ3n) is 3.21. The third kappa shape index (κ3) is 3.31. The van der Waals surface area contributed by atoms with Gasteiger partial charge in [0.1, 0.15) is 6.61 Å². The molecule has 1 aromatic heterocycles. The second-order valence-electron chi connectivity index (χ2n) is 4.67. The van der Waals surface area contributed by atoms with Gasteiger partial charge in [-0.2, -0.15) is 0 Å². The van der Waals surface area contributed by atoms with Crippen molar-refractivity contribution in [1.82, 2.24) is 5.32 Å². The van der Waals surface area contributed by atoms with Crippen LogP contribution in [0.1, 0.15) is 15.2 Å². The fourth-order valence-electron chi connectivity index (χ4n) is 2.23. The normalized spacial score (nSPS) is 13.0. The molecule has 21 heavy (non-hydrogen) atoms. The number of para-hydroxylation sites is 1. The van der Waals surface area contributed by atoms with Gasteiger partial charge in [-0.25, -0.2) is 0 Å². The molecule has 3 rings (SSSR count). The molecule has 0 fully saturated rings. The predicted molar refractivity (Wildman–Crippen MR) is 85.8 cm³/mol. The molecule has 0 radical (unpaired) electrons. The van der Waals surface area contributed by atoms with Crippen molar-refractivity contribution in [2.45, 2.75) is 6.42 Å². The van der Waals surface area contributed by atoms with Gasteiger partial charge in [-0.15, -0.1) is 11.3 Å². The lowest BCUT2D eigenvalue weighted by Crippen LogP contribution is -2.27. The van der Waals surface area contributed by atoms with E-state index in [0.717, 1.165) is 27.9 Å². The Morgan fingerprint density at radius 2 is 2.29 bits per heavy atom. The molecule has 0 atom stereocenters. The van der Waals surface area contributed by atoms with Crippen LogP contribution in [0.4, 0.5) is 5.69 Å². The van der Waals surface area contributed by atoms with E-state index in [-0.39, 0.29) is 5.91 Å². The minimum absolute atomic E-state index is 0.113. The van der Waals surface area contributed by atoms with Crippen molar-refractivity contribution in [2.24, 2.45) is 0 Å². The molecule has 0 bridgehead atoms. The molecule has 0 spiro atoms. The van der Waals surface area contributed by atoms with E-state index in [1.54, 1.807) is 6.07 Å². The quantitative estimate of drug-likeness (QED) is 0.909. The number of hydrogen-bond acceptors (Lipinski definition) is 4. The SMILES string of the molecule is O=C(NCCc1ccc(Cl)s1)c1cccc2c1OCCN2. The molecule has 0 saturated carbocycles. The zero-order valence-corrected chi connectivity index (χ0v) is 12.9. The predicted octanol–water partition coefficient (Wildman–Crippen LogP) is 3.18. The first-order valence-corrected chi connectivity index (χ1v) is 7.95. The maximum absolute atomic E-state index is 12.3. The molecular weight excluding hydrogens is 308 g/mol. The zero-order valence-electron chi connectivity index (χ0n) is 11.3. The van der Waals surface area contributed by atoms with Gasteiger partial charge in [-0.05, 0) is 30.7 Å². The van der Waals surface area contributed by atoms with E-state index >= 15 is 0 Å². The van der Waals surface area contributed by atoms with Crippen molar-refractivity contribution in [1.29, 1.82) is 0 Å². The van der Waals surface area contributed by atoms with Gasteiger partial charge in [0.25, 0.3) is 5.91 Å². The van der Waals surface area contributed by atoms with Crippen LogP contribution in [-0.2, 0) is 6.42 Å². The Kier molecular flexibility index (Phi) is 4.31. The standard InChI is InChI=1S/C15H15ClN2O2S/c16-13-5-4-10(21-13)6-7-18-15(19)11-2-1-3-12-14(11)20-9-8-17-12/h1-5,17H,6-9H2,(H,18,19). The zero-order chi connectivity index (χ0) is 14.7. The molecule has 6 heteroatoms. The number of nitrogens with one attached hydrogen (secondary N) is 2. The van der Waals surface area contributed by atoms with Gasteiger partial charge in [0.05, 0.1) is 15.6 Å². The van der Waals surface area contributed by atoms with E-state index in [4.69, 9.17) is 16.3 Å². The van der Waals surface area contributed by atoms with Gasteiger partial charge < -0.3 is 15.4 Å². The highest BCUT2D eigenvalue weighted by molar-refractivity contribution is 7.16. The Bertz CT molecular complexity index is 657. The summed E-state index contributed by atoms with van der Waals surface area (Å²) in [6.07, 6.45) is 0.775. The van der Waals surface area contributed by atoms with Crippen LogP contribution in [0.5, 0.6) is 5.75 Å². The maximum atomic E-state index is 12.3. The van der Waals surface area contributed by atoms with Gasteiger partial charge in [-0.3, -0.25) is 4.79 Å². The Labute approximate surface area is 132 Å². The monoisotopic (exact) mass is 322 g/mol. The molecular formula is C15H15ClN2O2S. The van der Waals surface area contributed by atoms with Crippen LogP contribution in [0, 0.1) is 0 Å². The molecule has 110 valence electrons. The number of carbonyl (C=O) groups is 1. The van der Waals surface area contributed by atoms with E-state index in [2.05, 4.69) is 10.6 Å². The summed E-state index contributed by atoms with van der Waals surface area (Å²) in [6, 6.07) is 9.41. The molecule has 2 aromatic rings. The summed E-state index contributed by atoms with van der Waals surface area (Å²) in [5.41, 5.74) is 1.45. The summed E-state index contributed by atoms with van der Waals surface area (Å²) in [6.45, 7) is 1.91. The summed E-state index contributed by atoms with van der Waals surface area (Å²) >= 11 is 7.42. The second kappa shape index (κ2) is 6.37. The van der Waals surface area contributed by atoms with Gasteiger partial charge in [0.15, 0.2) is 5.75 Å². The number of amides is 1. The van der Waals surface area contributed by atoms with E-state index < -0.39 is 0 Å². The van der Waals surface area contributed by atoms with E-state index in [9.17, 15) is 4.79 Å². The second-order valence-corrected chi connectivity index (χ2v) is 6.47. The molecule has 0 aliphatic carbocycles. The lowest BCUT2D eigenvalue weighted by atomic mass is 10.1. The van der Waals surface area contributed by atoms with Crippen molar-refractivity contribution >= 4 is 34.5 Å². The van der Waals surface area contributed by atoms with Crippen LogP contribution >= 0.6 is 22.9 Å². The van der Waals surface area contributed by atoms with Gasteiger partial charge in [0, 0.05) is 18.0 Å². The highest BCUT2D eigenvalue weighted by Gasteiger charge is 2.18. The van der Waals surface area contributed by atoms with Crippen LogP contribution in [-0.4, -0.2) is 25.6 Å². The van der Waals surface area contributed by atoms with Crippen LogP contribution in [0.3, 0.4) is 0 Å². The number of thiophene rings is 1. The Morgan fingerprint density at radius 1 is 1.38 bits per heavy atom. The lowest BCUT2D eigenvalue weighted by Gasteiger charge is -2.21. The van der Waals surface area contributed by atoms with Crippen molar-refractivity contribution in [3.63, 3.8) is 0 Å². The summed E-state index contributed by atoms with van der Waals surface area (Å²) in [7, 11) is 0. The Morgan fingerprint density at radius 3 is 3.10 bits per heavy atom. The van der Waals surface area contributed by atoms with Crippen LogP contribution < -0.4 is 15.4 Å². The number of anilines is 1. The van der Waals surface area contributed by atoms with Crippen molar-refractivity contribution < 1.29 is 9.53 Å². The number of carbonyl (C=O) groups excluding carboxylic acids is 1. The third-order valence-corrected chi connectivity index (χ3v) is 4.50. The first-order valence-electron chi connectivity index (χ1n) is 6.76. The Balaban J connectivity index is 1.63. The summed E-state index contributed by atoms with van der Waals surface area (Å²) in [4.78, 5) is 13.4. The van der Waals surface area contributed by atoms with Crippen molar-refractivity contribution in [3.05, 3.63) is 45.1 Å². The van der Waals surface area contributed by atoms with Gasteiger partial charge >= 0.3 is 0 Å². The minimum atomic E-state index is -0.113. The molecule has 0 saturated heterocycles. The summed E-state index contributed by atoms with van der Waals surface area (Å²) in [5, 5.41) is 6.15. The number of fused-ring (bicyclic) bond motifs is 1. The number of hydrogen-bond donors (Lipinski definition) is 2. The topological polar surface area (TPSA) is 50.4 Å². The van der Waals surface area contributed by atoms with Crippen molar-refractivity contribution in [3.8, 4) is 5.75 Å². The fraction of sp³-hybridized carbons (Fsp3) is 0.267. The van der Waals surface area contributed by atoms with E-state index in [1.165, 1.54) is 11.3 Å². The maximum Gasteiger partial charge on any atom is 0.255 e. The molecule has 1 amide bonds. The summed E-state index contributed by atoms with van der Waals surface area (Å²) in [5.74, 6) is 0.527. The average Bonchev–Trinajstić information content (AvgIpc) is 2.92. The molecule has 4 nitrogen and oxygen atoms in total. The largest absolute Gasteiger partial charge is 0.489 e. The highest BCUT2D eigenvalue weighted by Crippen LogP contribution is 2.31. The Hall–Kier alpha value is -1.72. The molecule has 1 aromatic carbocycles. The average molecular weight is 323 g/mol. The number of ether oxygens (including phenoxy) is 1. The lowest BCUT2D eigenvalue weighted by molar-refractivity contribution is 0.0950. The minimum Gasteiger partial charge on any atom is -0.489 e. The molecule has 2 heterocycles. The van der Waals surface area contributed by atoms with Crippen LogP contribution in [0.2, 0.25) is 4.34 Å². The van der Waals surface area contributed by atoms with Gasteiger partial charge in [-0.1, -0.05) is 17.7 Å². The van der Waals surface area contributed by atoms with E-state index in [1.807, 2.05) is 24.3 Å². The number of benzene rings is 1. The van der Waals surface area contributed by atoms with Crippen LogP contribution in [0.25, 0.3) is 0 Å². The first kappa shape index (κ1) is 14.2. The highest BCUT2D eigenvalue weighted by atomic mass is 35.5.